The van der Waals surface area contributed by atoms with E-state index in [0.717, 1.165) is 30.0 Å². The van der Waals surface area contributed by atoms with Crippen LogP contribution in [0.5, 0.6) is 5.75 Å². The fraction of sp³-hybridized carbons (Fsp3) is 0.520. The lowest BCUT2D eigenvalue weighted by molar-refractivity contribution is 0.0745. The summed E-state index contributed by atoms with van der Waals surface area (Å²) in [6, 6.07) is 7.87. The van der Waals surface area contributed by atoms with Crippen molar-refractivity contribution in [3.05, 3.63) is 59.0 Å². The van der Waals surface area contributed by atoms with Crippen LogP contribution in [0.4, 0.5) is 0 Å². The molecule has 33 heavy (non-hydrogen) atoms. The van der Waals surface area contributed by atoms with E-state index >= 15 is 0 Å². The second kappa shape index (κ2) is 8.65. The van der Waals surface area contributed by atoms with E-state index in [1.165, 1.54) is 19.3 Å². The molecule has 1 spiro atoms. The number of hydrogen-bond acceptors (Lipinski definition) is 6. The summed E-state index contributed by atoms with van der Waals surface area (Å²) in [5, 5.41) is 12.7. The zero-order valence-corrected chi connectivity index (χ0v) is 19.6. The zero-order chi connectivity index (χ0) is 23.0. The van der Waals surface area contributed by atoms with Crippen LogP contribution in [-0.4, -0.2) is 43.8 Å². The molecule has 0 radical (unpaired) electrons. The predicted molar refractivity (Wildman–Crippen MR) is 122 cm³/mol. The summed E-state index contributed by atoms with van der Waals surface area (Å²) in [5.74, 6) is 2.42. The molecule has 5 rings (SSSR count). The number of likely N-dealkylation sites (tertiary alicyclic amines) is 1. The topological polar surface area (TPSA) is 86.3 Å². The number of carbonyl (C=O) groups is 1. The van der Waals surface area contributed by atoms with Gasteiger partial charge in [0.1, 0.15) is 30.3 Å². The number of carbonyl (C=O) groups excluding carboxylic acids is 1. The summed E-state index contributed by atoms with van der Waals surface area (Å²) in [5.41, 5.74) is 2.23. The first kappa shape index (κ1) is 21.7. The Morgan fingerprint density at radius 3 is 2.79 bits per heavy atom. The summed E-state index contributed by atoms with van der Waals surface area (Å²) in [6.07, 6.45) is 7.59. The Kier molecular flexibility index (Phi) is 5.68. The molecule has 0 N–H and O–H groups in total. The lowest BCUT2D eigenvalue weighted by Gasteiger charge is -2.37. The third-order valence-corrected chi connectivity index (χ3v) is 7.40. The highest BCUT2D eigenvalue weighted by Crippen LogP contribution is 2.51. The first-order valence-corrected chi connectivity index (χ1v) is 11.7. The first-order valence-electron chi connectivity index (χ1n) is 11.7. The van der Waals surface area contributed by atoms with Crippen molar-refractivity contribution in [1.29, 1.82) is 0 Å². The van der Waals surface area contributed by atoms with Crippen molar-refractivity contribution in [1.82, 2.24) is 24.8 Å². The van der Waals surface area contributed by atoms with Gasteiger partial charge in [0.15, 0.2) is 5.69 Å². The van der Waals surface area contributed by atoms with E-state index in [1.54, 1.807) is 6.33 Å². The van der Waals surface area contributed by atoms with Gasteiger partial charge in [0.2, 0.25) is 0 Å². The van der Waals surface area contributed by atoms with Crippen molar-refractivity contribution >= 4 is 5.91 Å². The van der Waals surface area contributed by atoms with Gasteiger partial charge >= 0.3 is 0 Å². The maximum atomic E-state index is 13.7. The lowest BCUT2D eigenvalue weighted by Crippen LogP contribution is -2.35. The summed E-state index contributed by atoms with van der Waals surface area (Å²) < 4.78 is 13.4. The van der Waals surface area contributed by atoms with E-state index in [0.29, 0.717) is 30.1 Å². The van der Waals surface area contributed by atoms with Gasteiger partial charge in [-0.05, 0) is 49.8 Å². The molecule has 0 bridgehead atoms. The SMILES string of the molecule is Cc1cccc(OCc2c(C(=O)N3CC(c4nncn4C)C4(CCCCC4)C3)noc2C)c1. The highest BCUT2D eigenvalue weighted by molar-refractivity contribution is 5.94. The van der Waals surface area contributed by atoms with Crippen LogP contribution in [0.25, 0.3) is 0 Å². The quantitative estimate of drug-likeness (QED) is 0.581. The van der Waals surface area contributed by atoms with Crippen molar-refractivity contribution in [3.8, 4) is 5.75 Å². The average molecular weight is 450 g/mol. The summed E-state index contributed by atoms with van der Waals surface area (Å²) in [4.78, 5) is 15.6. The molecule has 1 saturated heterocycles. The minimum absolute atomic E-state index is 0.0473. The van der Waals surface area contributed by atoms with Crippen molar-refractivity contribution in [2.24, 2.45) is 12.5 Å². The standard InChI is InChI=1S/C25H31N5O3/c1-17-8-7-9-19(12-17)32-14-20-18(2)33-28-22(20)24(31)30-13-21(23-27-26-16-29(23)3)25(15-30)10-5-4-6-11-25/h7-9,12,16,21H,4-6,10-11,13-15H2,1-3H3. The van der Waals surface area contributed by atoms with Crippen LogP contribution in [0.1, 0.15) is 71.2 Å². The molecule has 1 atom stereocenters. The summed E-state index contributed by atoms with van der Waals surface area (Å²) in [7, 11) is 1.98. The van der Waals surface area contributed by atoms with Gasteiger partial charge in [-0.3, -0.25) is 4.79 Å². The average Bonchev–Trinajstić information content (AvgIpc) is 3.49. The van der Waals surface area contributed by atoms with Crippen LogP contribution in [0.2, 0.25) is 0 Å². The number of aromatic nitrogens is 4. The number of amides is 1. The lowest BCUT2D eigenvalue weighted by atomic mass is 9.67. The van der Waals surface area contributed by atoms with Gasteiger partial charge in [0, 0.05) is 26.1 Å². The van der Waals surface area contributed by atoms with E-state index in [1.807, 2.05) is 54.6 Å². The molecule has 2 aromatic heterocycles. The monoisotopic (exact) mass is 449 g/mol. The molecular weight excluding hydrogens is 418 g/mol. The third-order valence-electron chi connectivity index (χ3n) is 7.40. The van der Waals surface area contributed by atoms with Gasteiger partial charge in [-0.2, -0.15) is 0 Å². The second-order valence-electron chi connectivity index (χ2n) is 9.63. The van der Waals surface area contributed by atoms with Gasteiger partial charge in [-0.25, -0.2) is 0 Å². The van der Waals surface area contributed by atoms with E-state index in [2.05, 4.69) is 15.4 Å². The van der Waals surface area contributed by atoms with E-state index in [-0.39, 0.29) is 23.8 Å². The molecule has 1 aromatic carbocycles. The number of benzene rings is 1. The van der Waals surface area contributed by atoms with Gasteiger partial charge in [0.25, 0.3) is 5.91 Å². The zero-order valence-electron chi connectivity index (χ0n) is 19.6. The molecule has 8 nitrogen and oxygen atoms in total. The Hall–Kier alpha value is -3.16. The van der Waals surface area contributed by atoms with E-state index < -0.39 is 0 Å². The van der Waals surface area contributed by atoms with Crippen molar-refractivity contribution < 1.29 is 14.1 Å². The summed E-state index contributed by atoms with van der Waals surface area (Å²) >= 11 is 0. The molecule has 1 saturated carbocycles. The normalized spacial score (nSPS) is 19.8. The highest BCUT2D eigenvalue weighted by Gasteiger charge is 2.51. The number of aryl methyl sites for hydroxylation is 3. The molecular formula is C25H31N5O3. The fourth-order valence-corrected chi connectivity index (χ4v) is 5.59. The minimum Gasteiger partial charge on any atom is -0.489 e. The maximum absolute atomic E-state index is 13.7. The molecule has 1 aliphatic carbocycles. The number of hydrogen-bond donors (Lipinski definition) is 0. The predicted octanol–water partition coefficient (Wildman–Crippen LogP) is 4.19. The Bertz CT molecular complexity index is 1140. The summed E-state index contributed by atoms with van der Waals surface area (Å²) in [6.45, 7) is 5.43. The molecule has 1 unspecified atom stereocenters. The Morgan fingerprint density at radius 1 is 1.24 bits per heavy atom. The molecule has 1 aliphatic heterocycles. The Morgan fingerprint density at radius 2 is 2.06 bits per heavy atom. The Labute approximate surface area is 193 Å². The third kappa shape index (κ3) is 4.03. The molecule has 174 valence electrons. The van der Waals surface area contributed by atoms with Gasteiger partial charge < -0.3 is 18.7 Å². The van der Waals surface area contributed by atoms with Crippen LogP contribution in [0, 0.1) is 19.3 Å². The van der Waals surface area contributed by atoms with Crippen molar-refractivity contribution in [2.45, 2.75) is 58.5 Å². The Balaban J connectivity index is 1.39. The molecule has 1 amide bonds. The molecule has 3 heterocycles. The number of nitrogens with zero attached hydrogens (tertiary/aromatic N) is 5. The molecule has 2 aliphatic rings. The van der Waals surface area contributed by atoms with Crippen LogP contribution < -0.4 is 4.74 Å². The number of ether oxygens (including phenoxy) is 1. The smallest absolute Gasteiger partial charge is 0.276 e. The molecule has 2 fully saturated rings. The second-order valence-corrected chi connectivity index (χ2v) is 9.63. The van der Waals surface area contributed by atoms with Crippen LogP contribution in [0.15, 0.2) is 35.1 Å². The van der Waals surface area contributed by atoms with Crippen molar-refractivity contribution in [3.63, 3.8) is 0 Å². The van der Waals surface area contributed by atoms with Gasteiger partial charge in [-0.1, -0.05) is 36.6 Å². The highest BCUT2D eigenvalue weighted by atomic mass is 16.5. The van der Waals surface area contributed by atoms with E-state index in [9.17, 15) is 4.79 Å². The minimum atomic E-state index is -0.0932. The first-order chi connectivity index (χ1) is 16.0. The van der Waals surface area contributed by atoms with Crippen LogP contribution in [0.3, 0.4) is 0 Å². The van der Waals surface area contributed by atoms with Gasteiger partial charge in [-0.15, -0.1) is 10.2 Å². The largest absolute Gasteiger partial charge is 0.489 e. The maximum Gasteiger partial charge on any atom is 0.276 e. The van der Waals surface area contributed by atoms with E-state index in [4.69, 9.17) is 9.26 Å². The number of rotatable bonds is 5. The van der Waals surface area contributed by atoms with Crippen molar-refractivity contribution in [2.75, 3.05) is 13.1 Å². The van der Waals surface area contributed by atoms with Gasteiger partial charge in [0.05, 0.1) is 5.56 Å². The van der Waals surface area contributed by atoms with Crippen LogP contribution in [-0.2, 0) is 13.7 Å². The molecule has 8 heteroatoms. The molecule has 3 aromatic rings. The van der Waals surface area contributed by atoms with Crippen LogP contribution >= 0.6 is 0 Å². The fourth-order valence-electron chi connectivity index (χ4n) is 5.59.